The number of nitrogens with two attached hydrogens (primary N) is 2. The van der Waals surface area contributed by atoms with Crippen LogP contribution in [-0.2, 0) is 11.8 Å². The van der Waals surface area contributed by atoms with Gasteiger partial charge in [0.1, 0.15) is 5.56 Å². The number of H-pyrrole nitrogens is 1. The molecular formula is C15H20N4O. The van der Waals surface area contributed by atoms with Crippen LogP contribution < -0.4 is 11.5 Å². The lowest BCUT2D eigenvalue weighted by molar-refractivity contribution is 0.100. The fourth-order valence-corrected chi connectivity index (χ4v) is 2.12. The van der Waals surface area contributed by atoms with Crippen molar-refractivity contribution in [1.29, 1.82) is 0 Å². The summed E-state index contributed by atoms with van der Waals surface area (Å²) in [6, 6.07) is 8.28. The molecule has 0 spiro atoms. The molecule has 0 fully saturated rings. The first-order valence-corrected chi connectivity index (χ1v) is 6.51. The van der Waals surface area contributed by atoms with Gasteiger partial charge in [0.25, 0.3) is 5.91 Å². The van der Waals surface area contributed by atoms with E-state index >= 15 is 0 Å². The number of anilines is 1. The number of carbonyl (C=O) groups excluding carboxylic acids is 1. The van der Waals surface area contributed by atoms with E-state index in [1.54, 1.807) is 0 Å². The highest BCUT2D eigenvalue weighted by molar-refractivity contribution is 5.98. The molecule has 0 saturated heterocycles. The fourth-order valence-electron chi connectivity index (χ4n) is 2.12. The van der Waals surface area contributed by atoms with E-state index in [2.05, 4.69) is 43.1 Å². The van der Waals surface area contributed by atoms with E-state index in [1.807, 2.05) is 12.1 Å². The number of aromatic amines is 1. The highest BCUT2D eigenvalue weighted by atomic mass is 16.1. The zero-order valence-electron chi connectivity index (χ0n) is 12.0. The highest BCUT2D eigenvalue weighted by Crippen LogP contribution is 2.23. The molecule has 0 aliphatic rings. The van der Waals surface area contributed by atoms with Crippen LogP contribution >= 0.6 is 0 Å². The molecule has 0 bridgehead atoms. The standard InChI is InChI=1S/C15H20N4O/c1-15(2,3)10-6-4-9(5-7-10)8-11-12(14(17)20)13(16)19-18-11/h4-7H,8H2,1-3H3,(H2,17,20)(H3,16,18,19). The number of hydrogen-bond donors (Lipinski definition) is 3. The molecule has 5 N–H and O–H groups in total. The third-order valence-corrected chi connectivity index (χ3v) is 3.32. The van der Waals surface area contributed by atoms with Crippen molar-refractivity contribution < 1.29 is 4.79 Å². The molecule has 2 rings (SSSR count). The Bertz CT molecular complexity index is 620. The minimum absolute atomic E-state index is 0.120. The summed E-state index contributed by atoms with van der Waals surface area (Å²) in [5, 5.41) is 6.62. The molecule has 0 aliphatic carbocycles. The van der Waals surface area contributed by atoms with Gasteiger partial charge in [-0.15, -0.1) is 0 Å². The summed E-state index contributed by atoms with van der Waals surface area (Å²) in [5.41, 5.74) is 14.3. The molecule has 0 unspecified atom stereocenters. The number of rotatable bonds is 3. The van der Waals surface area contributed by atoms with E-state index in [4.69, 9.17) is 11.5 Å². The van der Waals surface area contributed by atoms with Gasteiger partial charge in [0, 0.05) is 6.42 Å². The number of nitrogen functional groups attached to an aromatic ring is 1. The van der Waals surface area contributed by atoms with Gasteiger partial charge in [-0.1, -0.05) is 45.0 Å². The van der Waals surface area contributed by atoms with E-state index in [-0.39, 0.29) is 16.8 Å². The molecule has 1 aromatic carbocycles. The maximum atomic E-state index is 11.4. The van der Waals surface area contributed by atoms with Crippen LogP contribution in [0.1, 0.15) is 48.0 Å². The molecule has 5 nitrogen and oxygen atoms in total. The zero-order valence-corrected chi connectivity index (χ0v) is 12.0. The Hall–Kier alpha value is -2.30. The Morgan fingerprint density at radius 3 is 2.35 bits per heavy atom. The van der Waals surface area contributed by atoms with Crippen molar-refractivity contribution in [2.24, 2.45) is 5.73 Å². The molecule has 0 atom stereocenters. The number of aromatic nitrogens is 2. The molecule has 0 saturated carbocycles. The third kappa shape index (κ3) is 2.82. The van der Waals surface area contributed by atoms with Crippen molar-refractivity contribution in [2.75, 3.05) is 5.73 Å². The fraction of sp³-hybridized carbons (Fsp3) is 0.333. The van der Waals surface area contributed by atoms with E-state index in [0.717, 1.165) is 5.56 Å². The number of nitrogens with zero attached hydrogens (tertiary/aromatic N) is 1. The van der Waals surface area contributed by atoms with Gasteiger partial charge in [-0.25, -0.2) is 0 Å². The van der Waals surface area contributed by atoms with Crippen LogP contribution in [0.4, 0.5) is 5.82 Å². The van der Waals surface area contributed by atoms with Crippen molar-refractivity contribution in [3.63, 3.8) is 0 Å². The summed E-state index contributed by atoms with van der Waals surface area (Å²) in [6.07, 6.45) is 0.549. The highest BCUT2D eigenvalue weighted by Gasteiger charge is 2.17. The van der Waals surface area contributed by atoms with E-state index in [0.29, 0.717) is 12.1 Å². The van der Waals surface area contributed by atoms with Crippen molar-refractivity contribution in [1.82, 2.24) is 10.2 Å². The first-order chi connectivity index (χ1) is 9.29. The van der Waals surface area contributed by atoms with Crippen LogP contribution in [0.15, 0.2) is 24.3 Å². The average Bonchev–Trinajstić information content (AvgIpc) is 2.70. The number of primary amides is 1. The van der Waals surface area contributed by atoms with Gasteiger partial charge < -0.3 is 11.5 Å². The SMILES string of the molecule is CC(C)(C)c1ccc(Cc2[nH]nc(N)c2C(N)=O)cc1. The number of carbonyl (C=O) groups is 1. The predicted octanol–water partition coefficient (Wildman–Crippen LogP) is 1.98. The lowest BCUT2D eigenvalue weighted by atomic mass is 9.86. The van der Waals surface area contributed by atoms with Gasteiger partial charge in [-0.05, 0) is 16.5 Å². The zero-order chi connectivity index (χ0) is 14.9. The lowest BCUT2D eigenvalue weighted by Crippen LogP contribution is -2.15. The smallest absolute Gasteiger partial charge is 0.254 e. The molecule has 0 radical (unpaired) electrons. The molecule has 1 amide bonds. The minimum Gasteiger partial charge on any atom is -0.382 e. The second-order valence-electron chi connectivity index (χ2n) is 5.95. The first-order valence-electron chi connectivity index (χ1n) is 6.51. The van der Waals surface area contributed by atoms with Crippen LogP contribution in [0.2, 0.25) is 0 Å². The average molecular weight is 272 g/mol. The topological polar surface area (TPSA) is 97.8 Å². The van der Waals surface area contributed by atoms with Gasteiger partial charge >= 0.3 is 0 Å². The summed E-state index contributed by atoms with van der Waals surface area (Å²) in [4.78, 5) is 11.4. The van der Waals surface area contributed by atoms with Crippen molar-refractivity contribution in [2.45, 2.75) is 32.6 Å². The first kappa shape index (κ1) is 14.1. The van der Waals surface area contributed by atoms with E-state index in [1.165, 1.54) is 5.56 Å². The summed E-state index contributed by atoms with van der Waals surface area (Å²) < 4.78 is 0. The number of hydrogen-bond acceptors (Lipinski definition) is 3. The Morgan fingerprint density at radius 1 is 1.25 bits per heavy atom. The Kier molecular flexibility index (Phi) is 3.53. The number of nitrogens with one attached hydrogen (secondary N) is 1. The maximum Gasteiger partial charge on any atom is 0.254 e. The lowest BCUT2D eigenvalue weighted by Gasteiger charge is -2.19. The molecule has 106 valence electrons. The van der Waals surface area contributed by atoms with Gasteiger partial charge in [-0.2, -0.15) is 5.10 Å². The van der Waals surface area contributed by atoms with Crippen molar-refractivity contribution >= 4 is 11.7 Å². The van der Waals surface area contributed by atoms with Gasteiger partial charge in [-0.3, -0.25) is 9.89 Å². The normalized spacial score (nSPS) is 11.6. The quantitative estimate of drug-likeness (QED) is 0.796. The van der Waals surface area contributed by atoms with Crippen LogP contribution in [0.5, 0.6) is 0 Å². The van der Waals surface area contributed by atoms with Crippen molar-refractivity contribution in [3.05, 3.63) is 46.6 Å². The molecule has 5 heteroatoms. The summed E-state index contributed by atoms with van der Waals surface area (Å²) in [7, 11) is 0. The Morgan fingerprint density at radius 2 is 1.85 bits per heavy atom. The molecule has 1 heterocycles. The largest absolute Gasteiger partial charge is 0.382 e. The van der Waals surface area contributed by atoms with Crippen LogP contribution in [-0.4, -0.2) is 16.1 Å². The monoisotopic (exact) mass is 272 g/mol. The van der Waals surface area contributed by atoms with Crippen LogP contribution in [0, 0.1) is 0 Å². The molecule has 20 heavy (non-hydrogen) atoms. The molecular weight excluding hydrogens is 252 g/mol. The second kappa shape index (κ2) is 5.00. The van der Waals surface area contributed by atoms with Gasteiger partial charge in [0.05, 0.1) is 5.69 Å². The maximum absolute atomic E-state index is 11.4. The minimum atomic E-state index is -0.558. The Balaban J connectivity index is 2.25. The summed E-state index contributed by atoms with van der Waals surface area (Å²) in [6.45, 7) is 6.51. The van der Waals surface area contributed by atoms with Gasteiger partial charge in [0.2, 0.25) is 0 Å². The summed E-state index contributed by atoms with van der Waals surface area (Å²) >= 11 is 0. The van der Waals surface area contributed by atoms with Crippen LogP contribution in [0.25, 0.3) is 0 Å². The van der Waals surface area contributed by atoms with E-state index in [9.17, 15) is 4.79 Å². The third-order valence-electron chi connectivity index (χ3n) is 3.32. The number of amides is 1. The molecule has 1 aromatic heterocycles. The molecule has 0 aliphatic heterocycles. The van der Waals surface area contributed by atoms with Crippen LogP contribution in [0.3, 0.4) is 0 Å². The summed E-state index contributed by atoms with van der Waals surface area (Å²) in [5.74, 6) is -0.406. The van der Waals surface area contributed by atoms with E-state index < -0.39 is 5.91 Å². The molecule has 2 aromatic rings. The number of benzene rings is 1. The van der Waals surface area contributed by atoms with Gasteiger partial charge in [0.15, 0.2) is 5.82 Å². The van der Waals surface area contributed by atoms with Crippen molar-refractivity contribution in [3.8, 4) is 0 Å². The second-order valence-corrected chi connectivity index (χ2v) is 5.95. The predicted molar refractivity (Wildman–Crippen MR) is 79.5 cm³/mol. The Labute approximate surface area is 118 Å².